The van der Waals surface area contributed by atoms with Gasteiger partial charge in [-0.05, 0) is 55.8 Å². The summed E-state index contributed by atoms with van der Waals surface area (Å²) >= 11 is 0. The van der Waals surface area contributed by atoms with Gasteiger partial charge in [-0.15, -0.1) is 10.2 Å². The summed E-state index contributed by atoms with van der Waals surface area (Å²) in [6.45, 7) is 2.38. The summed E-state index contributed by atoms with van der Waals surface area (Å²) in [5, 5.41) is 21.3. The third-order valence-corrected chi connectivity index (χ3v) is 6.58. The van der Waals surface area contributed by atoms with Crippen LogP contribution in [-0.4, -0.2) is 26.0 Å². The van der Waals surface area contributed by atoms with E-state index in [1.54, 1.807) is 30.5 Å². The predicted molar refractivity (Wildman–Crippen MR) is 121 cm³/mol. The standard InChI is InChI=1S/C23H22N4O4S/c1-15-6-8-17(9-7-15)32(30,31)27-20-14-21(22(28)19-5-3-2-4-18(19)20)25-26-23(29)16-10-12-24-13-11-16/h2-3,6-12,14,24,27-28H,4-5,13H2,1H3. The maximum absolute atomic E-state index is 12.9. The van der Waals surface area contributed by atoms with Crippen molar-refractivity contribution >= 4 is 27.3 Å². The Bertz CT molecular complexity index is 1290. The van der Waals surface area contributed by atoms with E-state index in [2.05, 4.69) is 20.3 Å². The van der Waals surface area contributed by atoms with Gasteiger partial charge in [0.05, 0.1) is 10.6 Å². The number of aryl methyl sites for hydroxylation is 1. The number of amides is 1. The van der Waals surface area contributed by atoms with Gasteiger partial charge in [0.25, 0.3) is 15.9 Å². The lowest BCUT2D eigenvalue weighted by Crippen LogP contribution is -2.15. The lowest BCUT2D eigenvalue weighted by atomic mass is 9.93. The van der Waals surface area contributed by atoms with Crippen LogP contribution >= 0.6 is 0 Å². The Morgan fingerprint density at radius 1 is 1.12 bits per heavy atom. The van der Waals surface area contributed by atoms with Crippen molar-refractivity contribution in [1.29, 1.82) is 0 Å². The van der Waals surface area contributed by atoms with Crippen molar-refractivity contribution in [2.24, 2.45) is 10.2 Å². The van der Waals surface area contributed by atoms with E-state index in [1.807, 2.05) is 19.1 Å². The minimum absolute atomic E-state index is 0.0209. The first-order valence-electron chi connectivity index (χ1n) is 10.0. The number of fused-ring (bicyclic) bond motifs is 1. The Morgan fingerprint density at radius 3 is 2.53 bits per heavy atom. The lowest BCUT2D eigenvalue weighted by molar-refractivity contribution is -0.114. The Morgan fingerprint density at radius 2 is 1.84 bits per heavy atom. The van der Waals surface area contributed by atoms with Gasteiger partial charge in [0.2, 0.25) is 0 Å². The van der Waals surface area contributed by atoms with E-state index in [0.29, 0.717) is 41.8 Å². The SMILES string of the molecule is Cc1ccc(S(=O)(=O)Nc2cc(N=NC(=O)C3=CCNC=C3)c(O)c3c2CC=CC3)cc1. The Balaban J connectivity index is 1.70. The normalized spacial score (nSPS) is 15.2. The van der Waals surface area contributed by atoms with Gasteiger partial charge < -0.3 is 10.4 Å². The summed E-state index contributed by atoms with van der Waals surface area (Å²) in [6.07, 6.45) is 9.57. The van der Waals surface area contributed by atoms with E-state index < -0.39 is 15.9 Å². The van der Waals surface area contributed by atoms with E-state index in [4.69, 9.17) is 0 Å². The molecule has 8 nitrogen and oxygen atoms in total. The molecule has 2 aromatic carbocycles. The Kier molecular flexibility index (Phi) is 5.91. The number of sulfonamides is 1. The van der Waals surface area contributed by atoms with Gasteiger partial charge in [0.1, 0.15) is 11.4 Å². The van der Waals surface area contributed by atoms with Crippen LogP contribution in [0.2, 0.25) is 0 Å². The van der Waals surface area contributed by atoms with Crippen LogP contribution in [-0.2, 0) is 27.7 Å². The highest BCUT2D eigenvalue weighted by atomic mass is 32.2. The van der Waals surface area contributed by atoms with E-state index in [1.165, 1.54) is 18.2 Å². The molecule has 0 fully saturated rings. The number of hydrogen-bond acceptors (Lipinski definition) is 6. The highest BCUT2D eigenvalue weighted by Gasteiger charge is 2.23. The van der Waals surface area contributed by atoms with E-state index in [-0.39, 0.29) is 16.3 Å². The van der Waals surface area contributed by atoms with Crippen molar-refractivity contribution in [2.75, 3.05) is 11.3 Å². The molecule has 2 aliphatic rings. The molecule has 1 aliphatic heterocycles. The molecule has 3 N–H and O–H groups in total. The smallest absolute Gasteiger partial charge is 0.295 e. The van der Waals surface area contributed by atoms with Crippen LogP contribution in [0.1, 0.15) is 16.7 Å². The third kappa shape index (κ3) is 4.47. The summed E-state index contributed by atoms with van der Waals surface area (Å²) in [4.78, 5) is 12.4. The molecule has 1 amide bonds. The molecular formula is C23H22N4O4S. The fourth-order valence-corrected chi connectivity index (χ4v) is 4.55. The lowest BCUT2D eigenvalue weighted by Gasteiger charge is -2.20. The average molecular weight is 451 g/mol. The van der Waals surface area contributed by atoms with Gasteiger partial charge >= 0.3 is 0 Å². The number of aromatic hydroxyl groups is 1. The summed E-state index contributed by atoms with van der Waals surface area (Å²) in [6, 6.07) is 7.91. The molecule has 0 saturated carbocycles. The van der Waals surface area contributed by atoms with E-state index in [0.717, 1.165) is 5.56 Å². The number of rotatable bonds is 5. The molecule has 1 heterocycles. The average Bonchev–Trinajstić information content (AvgIpc) is 2.80. The van der Waals surface area contributed by atoms with Gasteiger partial charge in [0, 0.05) is 17.7 Å². The van der Waals surface area contributed by atoms with Crippen molar-refractivity contribution in [3.05, 3.63) is 83.1 Å². The third-order valence-electron chi connectivity index (χ3n) is 5.20. The highest BCUT2D eigenvalue weighted by Crippen LogP contribution is 2.41. The van der Waals surface area contributed by atoms with Gasteiger partial charge in [-0.3, -0.25) is 9.52 Å². The fourth-order valence-electron chi connectivity index (χ4n) is 3.47. The van der Waals surface area contributed by atoms with Crippen molar-refractivity contribution in [2.45, 2.75) is 24.7 Å². The van der Waals surface area contributed by atoms with Crippen LogP contribution in [0.5, 0.6) is 5.75 Å². The van der Waals surface area contributed by atoms with Crippen LogP contribution in [0, 0.1) is 6.92 Å². The van der Waals surface area contributed by atoms with E-state index >= 15 is 0 Å². The second-order valence-corrected chi connectivity index (χ2v) is 9.14. The Hall–Kier alpha value is -3.72. The molecule has 2 aromatic rings. The second kappa shape index (κ2) is 8.80. The molecular weight excluding hydrogens is 428 g/mol. The number of dihydropyridines is 1. The molecule has 0 spiro atoms. The van der Waals surface area contributed by atoms with Crippen molar-refractivity contribution in [3.63, 3.8) is 0 Å². The summed E-state index contributed by atoms with van der Waals surface area (Å²) < 4.78 is 28.5. The maximum Gasteiger partial charge on any atom is 0.295 e. The number of phenolic OH excluding ortho intramolecular Hbond substituents is 1. The molecule has 0 unspecified atom stereocenters. The quantitative estimate of drug-likeness (QED) is 0.363. The monoisotopic (exact) mass is 450 g/mol. The van der Waals surface area contributed by atoms with Gasteiger partial charge in [0.15, 0.2) is 0 Å². The first-order valence-corrected chi connectivity index (χ1v) is 11.5. The fraction of sp³-hybridized carbons (Fsp3) is 0.174. The largest absolute Gasteiger partial charge is 0.505 e. The number of hydrogen-bond donors (Lipinski definition) is 3. The number of carbonyl (C=O) groups is 1. The van der Waals surface area contributed by atoms with Crippen LogP contribution in [0.25, 0.3) is 0 Å². The predicted octanol–water partition coefficient (Wildman–Crippen LogP) is 3.81. The van der Waals surface area contributed by atoms with Crippen LogP contribution in [0.15, 0.2) is 81.5 Å². The number of anilines is 1. The number of phenols is 1. The van der Waals surface area contributed by atoms with Gasteiger partial charge in [-0.25, -0.2) is 8.42 Å². The molecule has 4 rings (SSSR count). The molecule has 0 radical (unpaired) electrons. The van der Waals surface area contributed by atoms with Crippen LogP contribution < -0.4 is 10.0 Å². The summed E-state index contributed by atoms with van der Waals surface area (Å²) in [5.74, 6) is -0.671. The molecule has 0 bridgehead atoms. The topological polar surface area (TPSA) is 120 Å². The first kappa shape index (κ1) is 21.5. The molecule has 0 atom stereocenters. The summed E-state index contributed by atoms with van der Waals surface area (Å²) in [5.41, 5.74) is 2.86. The summed E-state index contributed by atoms with van der Waals surface area (Å²) in [7, 11) is -3.86. The Labute approximate surface area is 186 Å². The number of azo groups is 1. The van der Waals surface area contributed by atoms with Crippen molar-refractivity contribution in [1.82, 2.24) is 5.32 Å². The zero-order valence-corrected chi connectivity index (χ0v) is 18.2. The molecule has 9 heteroatoms. The number of nitrogens with zero attached hydrogens (tertiary/aromatic N) is 2. The van der Waals surface area contributed by atoms with Crippen molar-refractivity contribution in [3.8, 4) is 5.75 Å². The zero-order valence-electron chi connectivity index (χ0n) is 17.4. The first-order chi connectivity index (χ1) is 15.3. The molecule has 0 aromatic heterocycles. The minimum atomic E-state index is -3.86. The van der Waals surface area contributed by atoms with Gasteiger partial charge in [-0.2, -0.15) is 0 Å². The van der Waals surface area contributed by atoms with Crippen molar-refractivity contribution < 1.29 is 18.3 Å². The van der Waals surface area contributed by atoms with Crippen LogP contribution in [0.3, 0.4) is 0 Å². The minimum Gasteiger partial charge on any atom is -0.505 e. The zero-order chi connectivity index (χ0) is 22.7. The maximum atomic E-state index is 12.9. The highest BCUT2D eigenvalue weighted by molar-refractivity contribution is 7.92. The molecule has 1 aliphatic carbocycles. The van der Waals surface area contributed by atoms with Crippen LogP contribution in [0.4, 0.5) is 11.4 Å². The number of allylic oxidation sites excluding steroid dienone is 2. The number of nitrogens with one attached hydrogen (secondary N) is 2. The number of carbonyl (C=O) groups excluding carboxylic acids is 1. The van der Waals surface area contributed by atoms with E-state index in [9.17, 15) is 18.3 Å². The second-order valence-electron chi connectivity index (χ2n) is 7.45. The number of benzene rings is 2. The molecule has 0 saturated heterocycles. The van der Waals surface area contributed by atoms with Gasteiger partial charge in [-0.1, -0.05) is 35.9 Å². The molecule has 164 valence electrons. The molecule has 32 heavy (non-hydrogen) atoms.